The van der Waals surface area contributed by atoms with Gasteiger partial charge in [-0.3, -0.25) is 10.1 Å². The second-order valence-corrected chi connectivity index (χ2v) is 7.59. The van der Waals surface area contributed by atoms with E-state index < -0.39 is 6.09 Å². The molecular formula is C27H25NO4. The molecule has 3 aromatic rings. The van der Waals surface area contributed by atoms with Gasteiger partial charge in [-0.1, -0.05) is 66.7 Å². The van der Waals surface area contributed by atoms with Gasteiger partial charge in [0.15, 0.2) is 0 Å². The van der Waals surface area contributed by atoms with Crippen molar-refractivity contribution < 1.29 is 19.1 Å². The van der Waals surface area contributed by atoms with Crippen LogP contribution in [0.1, 0.15) is 41.2 Å². The summed E-state index contributed by atoms with van der Waals surface area (Å²) >= 11 is 0. The summed E-state index contributed by atoms with van der Waals surface area (Å²) in [6.45, 7) is 2.36. The van der Waals surface area contributed by atoms with Crippen molar-refractivity contribution in [2.24, 2.45) is 0 Å². The molecule has 0 aromatic heterocycles. The second-order valence-electron chi connectivity index (χ2n) is 7.59. The van der Waals surface area contributed by atoms with Crippen LogP contribution in [0.3, 0.4) is 0 Å². The summed E-state index contributed by atoms with van der Waals surface area (Å²) < 4.78 is 10.5. The molecule has 0 saturated carbocycles. The number of esters is 1. The van der Waals surface area contributed by atoms with Gasteiger partial charge in [-0.25, -0.2) is 4.79 Å². The van der Waals surface area contributed by atoms with Gasteiger partial charge in [-0.05, 0) is 58.9 Å². The third-order valence-corrected chi connectivity index (χ3v) is 5.32. The first-order valence-corrected chi connectivity index (χ1v) is 10.7. The Balaban J connectivity index is 1.55. The predicted molar refractivity (Wildman–Crippen MR) is 125 cm³/mol. The van der Waals surface area contributed by atoms with Crippen LogP contribution in [0.5, 0.6) is 0 Å². The molecule has 0 fully saturated rings. The maximum atomic E-state index is 12.3. The van der Waals surface area contributed by atoms with Gasteiger partial charge in [0, 0.05) is 5.69 Å². The molecule has 0 heterocycles. The number of anilines is 1. The van der Waals surface area contributed by atoms with E-state index in [0.717, 1.165) is 39.8 Å². The molecule has 0 aliphatic heterocycles. The number of rotatable bonds is 6. The van der Waals surface area contributed by atoms with Crippen molar-refractivity contribution in [3.05, 3.63) is 101 Å². The molecule has 4 rings (SSSR count). The Hall–Kier alpha value is -3.86. The number of benzene rings is 3. The molecular weight excluding hydrogens is 402 g/mol. The Morgan fingerprint density at radius 3 is 2.50 bits per heavy atom. The Kier molecular flexibility index (Phi) is 6.66. The van der Waals surface area contributed by atoms with Crippen LogP contribution in [-0.2, 0) is 27.3 Å². The minimum atomic E-state index is -0.513. The zero-order chi connectivity index (χ0) is 22.3. The number of hydrogen-bond acceptors (Lipinski definition) is 4. The van der Waals surface area contributed by atoms with Gasteiger partial charge in [0.25, 0.3) is 0 Å². The summed E-state index contributed by atoms with van der Waals surface area (Å²) in [7, 11) is 0. The van der Waals surface area contributed by atoms with Crippen molar-refractivity contribution in [3.63, 3.8) is 0 Å². The zero-order valence-electron chi connectivity index (χ0n) is 18.0. The lowest BCUT2D eigenvalue weighted by Crippen LogP contribution is -2.13. The van der Waals surface area contributed by atoms with Crippen molar-refractivity contribution in [1.29, 1.82) is 0 Å². The van der Waals surface area contributed by atoms with Gasteiger partial charge in [0.1, 0.15) is 6.61 Å². The average molecular weight is 428 g/mol. The van der Waals surface area contributed by atoms with Crippen LogP contribution in [0.4, 0.5) is 10.5 Å². The minimum Gasteiger partial charge on any atom is -0.466 e. The van der Waals surface area contributed by atoms with Crippen LogP contribution in [0, 0.1) is 0 Å². The number of ether oxygens (including phenoxy) is 2. The Bertz CT molecular complexity index is 1150. The molecule has 5 heteroatoms. The van der Waals surface area contributed by atoms with Gasteiger partial charge < -0.3 is 9.47 Å². The second kappa shape index (κ2) is 9.96. The fraction of sp³-hybridized carbons (Fsp3) is 0.185. The number of carbonyl (C=O) groups is 2. The summed E-state index contributed by atoms with van der Waals surface area (Å²) in [5.41, 5.74) is 6.76. The molecule has 5 nitrogen and oxygen atoms in total. The zero-order valence-corrected chi connectivity index (χ0v) is 18.0. The molecule has 162 valence electrons. The molecule has 1 N–H and O–H groups in total. The molecule has 1 amide bonds. The predicted octanol–water partition coefficient (Wildman–Crippen LogP) is 5.83. The van der Waals surface area contributed by atoms with E-state index in [2.05, 4.69) is 11.4 Å². The van der Waals surface area contributed by atoms with Crippen LogP contribution >= 0.6 is 0 Å². The molecule has 1 aliphatic carbocycles. The number of hydrogen-bond donors (Lipinski definition) is 1. The smallest absolute Gasteiger partial charge is 0.411 e. The first-order chi connectivity index (χ1) is 15.6. The van der Waals surface area contributed by atoms with Gasteiger partial charge in [0.2, 0.25) is 0 Å². The highest BCUT2D eigenvalue weighted by Crippen LogP contribution is 2.33. The van der Waals surface area contributed by atoms with E-state index in [-0.39, 0.29) is 19.0 Å². The normalized spacial score (nSPS) is 12.0. The van der Waals surface area contributed by atoms with Crippen LogP contribution in [0.25, 0.3) is 11.6 Å². The Labute approximate surface area is 187 Å². The van der Waals surface area contributed by atoms with E-state index in [9.17, 15) is 9.59 Å². The first kappa shape index (κ1) is 21.4. The quantitative estimate of drug-likeness (QED) is 0.503. The van der Waals surface area contributed by atoms with E-state index in [1.807, 2.05) is 72.8 Å². The van der Waals surface area contributed by atoms with Crippen molar-refractivity contribution >= 4 is 29.4 Å². The molecule has 0 radical (unpaired) electrons. The number of carbonyl (C=O) groups excluding carboxylic acids is 2. The lowest BCUT2D eigenvalue weighted by molar-refractivity contribution is -0.141. The Morgan fingerprint density at radius 1 is 0.906 bits per heavy atom. The van der Waals surface area contributed by atoms with Gasteiger partial charge >= 0.3 is 12.1 Å². The molecule has 0 unspecified atom stereocenters. The summed E-state index contributed by atoms with van der Waals surface area (Å²) in [5, 5.41) is 2.80. The van der Waals surface area contributed by atoms with Crippen LogP contribution in [-0.4, -0.2) is 18.7 Å². The van der Waals surface area contributed by atoms with E-state index in [1.54, 1.807) is 6.92 Å². The minimum absolute atomic E-state index is 0.196. The summed E-state index contributed by atoms with van der Waals surface area (Å²) in [6, 6.07) is 23.4. The van der Waals surface area contributed by atoms with Crippen molar-refractivity contribution in [1.82, 2.24) is 0 Å². The third-order valence-electron chi connectivity index (χ3n) is 5.32. The fourth-order valence-electron chi connectivity index (χ4n) is 3.82. The average Bonchev–Trinajstić information content (AvgIpc) is 2.95. The van der Waals surface area contributed by atoms with Gasteiger partial charge in [-0.15, -0.1) is 0 Å². The molecule has 32 heavy (non-hydrogen) atoms. The standard InChI is InChI=1S/C27H25NO4/c1-2-31-26(29)17-23-15-22-16-24(28-27(30)32-18-19-8-4-3-5-9-19)13-12-20(22)14-21-10-6-7-11-25(21)23/h3-13,15-16H,2,14,17-18H2,1H3,(H,28,30). The molecule has 3 aromatic carbocycles. The van der Waals surface area contributed by atoms with Gasteiger partial charge in [-0.2, -0.15) is 0 Å². The SMILES string of the molecule is CCOC(=O)CC1=Cc2cc(NC(=O)OCc3ccccc3)ccc2Cc2ccccc21. The van der Waals surface area contributed by atoms with Crippen LogP contribution < -0.4 is 5.32 Å². The van der Waals surface area contributed by atoms with E-state index >= 15 is 0 Å². The highest BCUT2D eigenvalue weighted by atomic mass is 16.5. The topological polar surface area (TPSA) is 64.6 Å². The molecule has 0 atom stereocenters. The highest BCUT2D eigenvalue weighted by molar-refractivity contribution is 5.95. The summed E-state index contributed by atoms with van der Waals surface area (Å²) in [6.07, 6.45) is 2.44. The molecule has 0 saturated heterocycles. The molecule has 1 aliphatic rings. The maximum absolute atomic E-state index is 12.3. The fourth-order valence-corrected chi connectivity index (χ4v) is 3.82. The lowest BCUT2D eigenvalue weighted by Gasteiger charge is -2.10. The maximum Gasteiger partial charge on any atom is 0.411 e. The summed E-state index contributed by atoms with van der Waals surface area (Å²) in [4.78, 5) is 24.5. The van der Waals surface area contributed by atoms with Crippen LogP contribution in [0.15, 0.2) is 72.8 Å². The number of amides is 1. The van der Waals surface area contributed by atoms with Crippen LogP contribution in [0.2, 0.25) is 0 Å². The van der Waals surface area contributed by atoms with Crippen molar-refractivity contribution in [2.75, 3.05) is 11.9 Å². The molecule has 0 bridgehead atoms. The van der Waals surface area contributed by atoms with E-state index in [1.165, 1.54) is 0 Å². The largest absolute Gasteiger partial charge is 0.466 e. The first-order valence-electron chi connectivity index (χ1n) is 10.7. The number of nitrogens with one attached hydrogen (secondary N) is 1. The highest BCUT2D eigenvalue weighted by Gasteiger charge is 2.18. The number of fused-ring (bicyclic) bond motifs is 2. The molecule has 0 spiro atoms. The van der Waals surface area contributed by atoms with Crippen molar-refractivity contribution in [3.8, 4) is 0 Å². The van der Waals surface area contributed by atoms with E-state index in [4.69, 9.17) is 9.47 Å². The Morgan fingerprint density at radius 2 is 1.69 bits per heavy atom. The van der Waals surface area contributed by atoms with Crippen molar-refractivity contribution in [2.45, 2.75) is 26.4 Å². The lowest BCUT2D eigenvalue weighted by atomic mass is 9.96. The van der Waals surface area contributed by atoms with Gasteiger partial charge in [0.05, 0.1) is 13.0 Å². The monoisotopic (exact) mass is 427 g/mol. The summed E-state index contributed by atoms with van der Waals surface area (Å²) in [5.74, 6) is -0.254. The third kappa shape index (κ3) is 5.24. The van der Waals surface area contributed by atoms with E-state index in [0.29, 0.717) is 12.3 Å².